The molecule has 1 aliphatic heterocycles. The maximum atomic E-state index is 2.52. The van der Waals surface area contributed by atoms with E-state index >= 15 is 0 Å². The summed E-state index contributed by atoms with van der Waals surface area (Å²) in [5, 5.41) is 2.20. The van der Waals surface area contributed by atoms with Gasteiger partial charge in [-0.25, -0.2) is 0 Å². The number of nitrogens with zero attached hydrogens (tertiary/aromatic N) is 2. The topological polar surface area (TPSA) is 6.48 Å². The molecule has 0 amide bonds. The monoisotopic (exact) mass is 320 g/mol. The average molecular weight is 320 g/mol. The maximum Gasteiger partial charge on any atom is 0.138 e. The number of benzene rings is 2. The number of thiophene rings is 1. The highest BCUT2D eigenvalue weighted by atomic mass is 32.1. The van der Waals surface area contributed by atoms with Crippen LogP contribution in [-0.2, 0) is 0 Å². The number of hydrogen-bond acceptors (Lipinski definition) is 3. The van der Waals surface area contributed by atoms with Crippen LogP contribution in [0.3, 0.4) is 0 Å². The van der Waals surface area contributed by atoms with Gasteiger partial charge >= 0.3 is 0 Å². The average Bonchev–Trinajstić information content (AvgIpc) is 3.22. The lowest BCUT2D eigenvalue weighted by molar-refractivity contribution is 0.727. The van der Waals surface area contributed by atoms with Gasteiger partial charge < -0.3 is 9.80 Å². The third kappa shape index (κ3) is 2.62. The predicted molar refractivity (Wildman–Crippen MR) is 99.4 cm³/mol. The Bertz CT molecular complexity index is 719. The molecule has 116 valence electrons. The van der Waals surface area contributed by atoms with Crippen molar-refractivity contribution < 1.29 is 0 Å². The van der Waals surface area contributed by atoms with Crippen LogP contribution in [0.25, 0.3) is 0 Å². The van der Waals surface area contributed by atoms with Gasteiger partial charge in [-0.2, -0.15) is 0 Å². The lowest BCUT2D eigenvalue weighted by Gasteiger charge is -2.32. The van der Waals surface area contributed by atoms with Gasteiger partial charge in [-0.3, -0.25) is 0 Å². The molecule has 0 radical (unpaired) electrons. The molecule has 0 N–H and O–H groups in total. The summed E-state index contributed by atoms with van der Waals surface area (Å²) in [6.07, 6.45) is 0.278. The fraction of sp³-hybridized carbons (Fsp3) is 0.200. The Morgan fingerprint density at radius 1 is 0.783 bits per heavy atom. The van der Waals surface area contributed by atoms with Gasteiger partial charge in [0.1, 0.15) is 6.17 Å². The van der Waals surface area contributed by atoms with Crippen molar-refractivity contribution in [1.82, 2.24) is 0 Å². The first kappa shape index (κ1) is 14.3. The van der Waals surface area contributed by atoms with Crippen LogP contribution < -0.4 is 9.80 Å². The van der Waals surface area contributed by atoms with E-state index < -0.39 is 0 Å². The summed E-state index contributed by atoms with van der Waals surface area (Å²) in [4.78, 5) is 6.48. The number of rotatable bonds is 3. The van der Waals surface area contributed by atoms with Gasteiger partial charge in [0.25, 0.3) is 0 Å². The molecule has 3 aromatic rings. The smallest absolute Gasteiger partial charge is 0.138 e. The van der Waals surface area contributed by atoms with E-state index in [0.29, 0.717) is 0 Å². The minimum absolute atomic E-state index is 0.278. The Labute approximate surface area is 141 Å². The van der Waals surface area contributed by atoms with Crippen LogP contribution in [0.4, 0.5) is 11.4 Å². The van der Waals surface area contributed by atoms with Gasteiger partial charge in [0, 0.05) is 24.5 Å². The molecule has 1 saturated heterocycles. The molecule has 23 heavy (non-hydrogen) atoms. The van der Waals surface area contributed by atoms with E-state index in [1.54, 1.807) is 0 Å². The first-order valence-corrected chi connectivity index (χ1v) is 8.90. The molecule has 0 bridgehead atoms. The Balaban J connectivity index is 1.78. The number of para-hydroxylation sites is 2. The molecule has 0 aliphatic carbocycles. The van der Waals surface area contributed by atoms with Gasteiger partial charge in [0.05, 0.1) is 4.88 Å². The summed E-state index contributed by atoms with van der Waals surface area (Å²) in [5.74, 6) is 0. The molecule has 1 aliphatic rings. The second-order valence-electron chi connectivity index (χ2n) is 5.90. The van der Waals surface area contributed by atoms with E-state index in [2.05, 4.69) is 88.8 Å². The van der Waals surface area contributed by atoms with E-state index in [1.807, 2.05) is 11.3 Å². The Hall–Kier alpha value is -2.26. The van der Waals surface area contributed by atoms with Crippen LogP contribution in [0.2, 0.25) is 0 Å². The highest BCUT2D eigenvalue weighted by Gasteiger charge is 2.35. The van der Waals surface area contributed by atoms with E-state index in [-0.39, 0.29) is 6.17 Å². The van der Waals surface area contributed by atoms with Crippen molar-refractivity contribution in [3.05, 3.63) is 82.6 Å². The van der Waals surface area contributed by atoms with Crippen molar-refractivity contribution in [2.75, 3.05) is 22.9 Å². The van der Waals surface area contributed by atoms with Gasteiger partial charge in [0.15, 0.2) is 0 Å². The molecule has 3 heteroatoms. The highest BCUT2D eigenvalue weighted by molar-refractivity contribution is 7.10. The molecule has 4 rings (SSSR count). The molecular formula is C20H20N2S. The molecule has 2 nitrogen and oxygen atoms in total. The van der Waals surface area contributed by atoms with Gasteiger partial charge in [-0.1, -0.05) is 36.4 Å². The third-order valence-electron chi connectivity index (χ3n) is 4.48. The second kappa shape index (κ2) is 6.09. The van der Waals surface area contributed by atoms with Crippen LogP contribution in [0.1, 0.15) is 16.6 Å². The molecule has 2 aromatic carbocycles. The quantitative estimate of drug-likeness (QED) is 0.664. The first-order valence-electron chi connectivity index (χ1n) is 8.02. The standard InChI is InChI=1S/C20H20N2S/c1-16-12-15-23-19(16)20-21(17-8-4-2-5-9-17)13-14-22(20)18-10-6-3-7-11-18/h2-12,15,20H,13-14H2,1H3. The van der Waals surface area contributed by atoms with Crippen molar-refractivity contribution in [3.8, 4) is 0 Å². The molecule has 0 spiro atoms. The van der Waals surface area contributed by atoms with Gasteiger partial charge in [0.2, 0.25) is 0 Å². The van der Waals surface area contributed by atoms with Crippen LogP contribution in [0, 0.1) is 6.92 Å². The van der Waals surface area contributed by atoms with Crippen molar-refractivity contribution in [2.24, 2.45) is 0 Å². The largest absolute Gasteiger partial charge is 0.345 e. The summed E-state index contributed by atoms with van der Waals surface area (Å²) in [7, 11) is 0. The summed E-state index contributed by atoms with van der Waals surface area (Å²) in [6.45, 7) is 4.30. The minimum Gasteiger partial charge on any atom is -0.345 e. The number of aryl methyl sites for hydroxylation is 1. The van der Waals surface area contributed by atoms with E-state index in [4.69, 9.17) is 0 Å². The summed E-state index contributed by atoms with van der Waals surface area (Å²) >= 11 is 1.86. The summed E-state index contributed by atoms with van der Waals surface area (Å²) < 4.78 is 0. The maximum absolute atomic E-state index is 2.52. The van der Waals surface area contributed by atoms with E-state index in [1.165, 1.54) is 21.8 Å². The molecular weight excluding hydrogens is 300 g/mol. The molecule has 0 unspecified atom stereocenters. The Morgan fingerprint density at radius 3 is 1.74 bits per heavy atom. The normalized spacial score (nSPS) is 15.3. The number of anilines is 2. The zero-order valence-corrected chi connectivity index (χ0v) is 14.0. The molecule has 1 aromatic heterocycles. The predicted octanol–water partition coefficient (Wildman–Crippen LogP) is 5.08. The first-order chi connectivity index (χ1) is 11.3. The SMILES string of the molecule is Cc1ccsc1C1N(c2ccccc2)CCN1c1ccccc1. The van der Waals surface area contributed by atoms with E-state index in [9.17, 15) is 0 Å². The highest BCUT2D eigenvalue weighted by Crippen LogP contribution is 2.40. The second-order valence-corrected chi connectivity index (χ2v) is 6.85. The molecule has 0 atom stereocenters. The minimum atomic E-state index is 0.278. The van der Waals surface area contributed by atoms with E-state index in [0.717, 1.165) is 13.1 Å². The molecule has 2 heterocycles. The van der Waals surface area contributed by atoms with Crippen molar-refractivity contribution in [2.45, 2.75) is 13.1 Å². The van der Waals surface area contributed by atoms with Crippen LogP contribution in [0.5, 0.6) is 0 Å². The van der Waals surface area contributed by atoms with Crippen LogP contribution in [-0.4, -0.2) is 13.1 Å². The van der Waals surface area contributed by atoms with Crippen molar-refractivity contribution in [1.29, 1.82) is 0 Å². The number of hydrogen-bond donors (Lipinski definition) is 0. The van der Waals surface area contributed by atoms with Crippen LogP contribution in [0.15, 0.2) is 72.1 Å². The fourth-order valence-electron chi connectivity index (χ4n) is 3.34. The summed E-state index contributed by atoms with van der Waals surface area (Å²) in [6, 6.07) is 23.7. The zero-order chi connectivity index (χ0) is 15.6. The van der Waals surface area contributed by atoms with Gasteiger partial charge in [-0.15, -0.1) is 11.3 Å². The van der Waals surface area contributed by atoms with Gasteiger partial charge in [-0.05, 0) is 48.2 Å². The summed E-state index contributed by atoms with van der Waals surface area (Å²) in [5.41, 5.74) is 3.97. The Morgan fingerprint density at radius 2 is 1.30 bits per heavy atom. The Kier molecular flexibility index (Phi) is 3.80. The third-order valence-corrected chi connectivity index (χ3v) is 5.54. The fourth-order valence-corrected chi connectivity index (χ4v) is 4.39. The zero-order valence-electron chi connectivity index (χ0n) is 13.2. The van der Waals surface area contributed by atoms with Crippen molar-refractivity contribution in [3.63, 3.8) is 0 Å². The van der Waals surface area contributed by atoms with Crippen molar-refractivity contribution >= 4 is 22.7 Å². The van der Waals surface area contributed by atoms with Crippen LogP contribution >= 0.6 is 11.3 Å². The molecule has 0 saturated carbocycles. The lowest BCUT2D eigenvalue weighted by atomic mass is 10.2. The molecule has 1 fully saturated rings. The lowest BCUT2D eigenvalue weighted by Crippen LogP contribution is -2.30.